The Morgan fingerprint density at radius 1 is 1.28 bits per heavy atom. The van der Waals surface area contributed by atoms with E-state index in [0.29, 0.717) is 18.9 Å². The first kappa shape index (κ1) is 22.9. The van der Waals surface area contributed by atoms with Crippen molar-refractivity contribution in [2.45, 2.75) is 45.5 Å². The molecule has 7 nitrogen and oxygen atoms in total. The summed E-state index contributed by atoms with van der Waals surface area (Å²) in [5, 5.41) is 19.1. The van der Waals surface area contributed by atoms with Crippen LogP contribution in [0, 0.1) is 11.8 Å². The number of hydrogen-bond acceptors (Lipinski definition) is 5. The van der Waals surface area contributed by atoms with Gasteiger partial charge in [0, 0.05) is 31.9 Å². The number of carboxylic acid groups (broad SMARTS) is 1. The number of carbonyl (C=O) groups excluding carboxylic acids is 1. The zero-order valence-corrected chi connectivity index (χ0v) is 16.6. The van der Waals surface area contributed by atoms with Crippen molar-refractivity contribution in [3.05, 3.63) is 23.9 Å². The van der Waals surface area contributed by atoms with Gasteiger partial charge in [-0.15, -0.1) is 0 Å². The lowest BCUT2D eigenvalue weighted by Crippen LogP contribution is -2.57. The second-order valence-corrected chi connectivity index (χ2v) is 7.75. The molecule has 2 N–H and O–H groups in total. The predicted octanol–water partition coefficient (Wildman–Crippen LogP) is 2.25. The van der Waals surface area contributed by atoms with E-state index in [2.05, 4.69) is 4.98 Å². The lowest BCUT2D eigenvalue weighted by Gasteiger charge is -2.42. The maximum Gasteiger partial charge on any atom is 0.417 e. The molecule has 1 saturated heterocycles. The molecule has 0 bridgehead atoms. The van der Waals surface area contributed by atoms with E-state index in [-0.39, 0.29) is 24.9 Å². The average molecular weight is 417 g/mol. The van der Waals surface area contributed by atoms with Crippen LogP contribution in [0.25, 0.3) is 0 Å². The summed E-state index contributed by atoms with van der Waals surface area (Å²) < 4.78 is 38.1. The van der Waals surface area contributed by atoms with Crippen LogP contribution in [0.4, 0.5) is 19.0 Å². The number of aromatic nitrogens is 1. The molecule has 2 unspecified atom stereocenters. The Morgan fingerprint density at radius 3 is 2.38 bits per heavy atom. The van der Waals surface area contributed by atoms with E-state index < -0.39 is 35.6 Å². The summed E-state index contributed by atoms with van der Waals surface area (Å²) in [6.07, 6.45) is -5.23. The number of aliphatic hydroxyl groups excluding tert-OH is 1. The summed E-state index contributed by atoms with van der Waals surface area (Å²) in [4.78, 5) is 31.3. The second kappa shape index (κ2) is 8.98. The standard InChI is InChI=1S/C19H26F3N3O4/c1-11(2)8-14(16(26)18(28)29)17(27)25-7-6-24(10-12(25)3)15-5-4-13(9-23-15)19(20,21)22/h4-5,9,11-12,14,16,26H,6-8,10H2,1-3H3,(H,28,29)/t12-,14?,16?/m1/s1. The molecule has 0 aliphatic carbocycles. The van der Waals surface area contributed by atoms with E-state index >= 15 is 0 Å². The summed E-state index contributed by atoms with van der Waals surface area (Å²) >= 11 is 0. The number of carboxylic acids is 1. The third-order valence-electron chi connectivity index (χ3n) is 4.99. The number of anilines is 1. The number of amides is 1. The molecule has 1 aromatic heterocycles. The first-order valence-corrected chi connectivity index (χ1v) is 9.41. The Kier molecular flexibility index (Phi) is 7.10. The third kappa shape index (κ3) is 5.59. The van der Waals surface area contributed by atoms with Gasteiger partial charge in [-0.1, -0.05) is 13.8 Å². The summed E-state index contributed by atoms with van der Waals surface area (Å²) in [5.74, 6) is -2.52. The normalized spacial score (nSPS) is 19.9. The van der Waals surface area contributed by atoms with Crippen molar-refractivity contribution in [3.63, 3.8) is 0 Å². The summed E-state index contributed by atoms with van der Waals surface area (Å²) in [5.41, 5.74) is -0.831. The minimum Gasteiger partial charge on any atom is -0.479 e. The zero-order valence-electron chi connectivity index (χ0n) is 16.6. The first-order valence-electron chi connectivity index (χ1n) is 9.41. The lowest BCUT2D eigenvalue weighted by molar-refractivity contribution is -0.158. The van der Waals surface area contributed by atoms with Gasteiger partial charge >= 0.3 is 12.1 Å². The van der Waals surface area contributed by atoms with Gasteiger partial charge in [0.15, 0.2) is 6.10 Å². The van der Waals surface area contributed by atoms with Gasteiger partial charge in [0.05, 0.1) is 11.5 Å². The highest BCUT2D eigenvalue weighted by Gasteiger charge is 2.38. The second-order valence-electron chi connectivity index (χ2n) is 7.75. The number of piperazine rings is 1. The highest BCUT2D eigenvalue weighted by molar-refractivity contribution is 5.86. The number of nitrogens with zero attached hydrogens (tertiary/aromatic N) is 3. The molecule has 1 aliphatic heterocycles. The van der Waals surface area contributed by atoms with Gasteiger partial charge in [0.2, 0.25) is 5.91 Å². The molecule has 1 aromatic rings. The third-order valence-corrected chi connectivity index (χ3v) is 4.99. The van der Waals surface area contributed by atoms with Gasteiger partial charge in [0.1, 0.15) is 5.82 Å². The Balaban J connectivity index is 2.10. The molecule has 1 aliphatic rings. The Hall–Kier alpha value is -2.36. The largest absolute Gasteiger partial charge is 0.479 e. The van der Waals surface area contributed by atoms with Crippen LogP contribution >= 0.6 is 0 Å². The van der Waals surface area contributed by atoms with Crippen molar-refractivity contribution in [3.8, 4) is 0 Å². The number of alkyl halides is 3. The summed E-state index contributed by atoms with van der Waals surface area (Å²) in [7, 11) is 0. The number of halogens is 3. The van der Waals surface area contributed by atoms with E-state index in [0.717, 1.165) is 12.3 Å². The van der Waals surface area contributed by atoms with Crippen LogP contribution in [0.1, 0.15) is 32.8 Å². The zero-order chi connectivity index (χ0) is 21.9. The van der Waals surface area contributed by atoms with Crippen molar-refractivity contribution < 1.29 is 33.0 Å². The number of aliphatic carboxylic acids is 1. The molecule has 10 heteroatoms. The molecule has 162 valence electrons. The van der Waals surface area contributed by atoms with Crippen LogP contribution in [0.3, 0.4) is 0 Å². The molecule has 0 aromatic carbocycles. The molecule has 29 heavy (non-hydrogen) atoms. The molecule has 1 amide bonds. The highest BCUT2D eigenvalue weighted by Crippen LogP contribution is 2.30. The van der Waals surface area contributed by atoms with Crippen molar-refractivity contribution in [2.75, 3.05) is 24.5 Å². The van der Waals surface area contributed by atoms with Gasteiger partial charge in [-0.3, -0.25) is 4.79 Å². The number of aliphatic hydroxyl groups is 1. The van der Waals surface area contributed by atoms with Crippen molar-refractivity contribution in [1.29, 1.82) is 0 Å². The molecule has 2 rings (SSSR count). The number of carbonyl (C=O) groups is 2. The molecule has 0 radical (unpaired) electrons. The maximum atomic E-state index is 12.9. The van der Waals surface area contributed by atoms with E-state index in [1.807, 2.05) is 13.8 Å². The monoisotopic (exact) mass is 417 g/mol. The van der Waals surface area contributed by atoms with Crippen LogP contribution in [0.5, 0.6) is 0 Å². The molecule has 2 heterocycles. The fraction of sp³-hybridized carbons (Fsp3) is 0.632. The van der Waals surface area contributed by atoms with E-state index in [1.165, 1.54) is 11.0 Å². The smallest absolute Gasteiger partial charge is 0.417 e. The minimum atomic E-state index is -4.46. The lowest BCUT2D eigenvalue weighted by atomic mass is 9.90. The Morgan fingerprint density at radius 2 is 1.93 bits per heavy atom. The molecule has 1 fully saturated rings. The number of pyridine rings is 1. The SMILES string of the molecule is CC(C)CC(C(=O)N1CCN(c2ccc(C(F)(F)F)cn2)C[C@H]1C)C(O)C(=O)O. The van der Waals surface area contributed by atoms with E-state index in [9.17, 15) is 27.9 Å². The van der Waals surface area contributed by atoms with E-state index in [4.69, 9.17) is 5.11 Å². The van der Waals surface area contributed by atoms with Gasteiger partial charge in [-0.25, -0.2) is 9.78 Å². The van der Waals surface area contributed by atoms with E-state index in [1.54, 1.807) is 11.8 Å². The van der Waals surface area contributed by atoms with Crippen LogP contribution in [-0.2, 0) is 15.8 Å². The van der Waals surface area contributed by atoms with Crippen LogP contribution in [0.15, 0.2) is 18.3 Å². The van der Waals surface area contributed by atoms with Gasteiger partial charge in [0.25, 0.3) is 0 Å². The van der Waals surface area contributed by atoms with Crippen molar-refractivity contribution >= 4 is 17.7 Å². The molecular formula is C19H26F3N3O4. The Labute approximate surface area is 167 Å². The molecular weight excluding hydrogens is 391 g/mol. The predicted molar refractivity (Wildman–Crippen MR) is 99.2 cm³/mol. The average Bonchev–Trinajstić information content (AvgIpc) is 2.64. The minimum absolute atomic E-state index is 0.0193. The number of rotatable bonds is 6. The van der Waals surface area contributed by atoms with Crippen LogP contribution in [-0.4, -0.2) is 63.8 Å². The quantitative estimate of drug-likeness (QED) is 0.737. The molecule has 0 saturated carbocycles. The van der Waals surface area contributed by atoms with Crippen molar-refractivity contribution in [1.82, 2.24) is 9.88 Å². The molecule has 0 spiro atoms. The fourth-order valence-electron chi connectivity index (χ4n) is 3.49. The Bertz CT molecular complexity index is 724. The number of hydrogen-bond donors (Lipinski definition) is 2. The summed E-state index contributed by atoms with van der Waals surface area (Å²) in [6, 6.07) is 1.94. The van der Waals surface area contributed by atoms with Crippen LogP contribution < -0.4 is 4.90 Å². The molecule has 3 atom stereocenters. The highest BCUT2D eigenvalue weighted by atomic mass is 19.4. The van der Waals surface area contributed by atoms with Crippen molar-refractivity contribution in [2.24, 2.45) is 11.8 Å². The van der Waals surface area contributed by atoms with Gasteiger partial charge in [-0.2, -0.15) is 13.2 Å². The van der Waals surface area contributed by atoms with Gasteiger partial charge < -0.3 is 20.0 Å². The van der Waals surface area contributed by atoms with Gasteiger partial charge in [-0.05, 0) is 31.4 Å². The van der Waals surface area contributed by atoms with Crippen LogP contribution in [0.2, 0.25) is 0 Å². The summed E-state index contributed by atoms with van der Waals surface area (Å²) in [6.45, 7) is 6.38. The fourth-order valence-corrected chi connectivity index (χ4v) is 3.49. The maximum absolute atomic E-state index is 12.9. The first-order chi connectivity index (χ1) is 13.4. The topological polar surface area (TPSA) is 94.0 Å².